The maximum Gasteiger partial charge on any atom is 0.340 e. The molecule has 4 rings (SSSR count). The standard InChI is InChI=1S/C18H16N4O3/c1-3-24-18(23)14-10-22-17(11(14)2)16(6-7-20-22)25-13-4-5-15-12(8-13)9-19-21-15/h4-10H,3H2,1-2H3,(H,19,21). The van der Waals surface area contributed by atoms with Crippen LogP contribution in [0.3, 0.4) is 0 Å². The van der Waals surface area contributed by atoms with Crippen LogP contribution >= 0.6 is 0 Å². The van der Waals surface area contributed by atoms with Crippen molar-refractivity contribution in [1.82, 2.24) is 19.8 Å². The Morgan fingerprint density at radius 1 is 1.32 bits per heavy atom. The smallest absolute Gasteiger partial charge is 0.340 e. The molecule has 0 saturated heterocycles. The van der Waals surface area contributed by atoms with Crippen molar-refractivity contribution in [3.63, 3.8) is 0 Å². The third-order valence-electron chi connectivity index (χ3n) is 4.02. The first-order valence-corrected chi connectivity index (χ1v) is 7.92. The maximum atomic E-state index is 12.1. The largest absolute Gasteiger partial charge is 0.462 e. The van der Waals surface area contributed by atoms with Crippen LogP contribution in [-0.2, 0) is 4.74 Å². The summed E-state index contributed by atoms with van der Waals surface area (Å²) in [5, 5.41) is 12.1. The Balaban J connectivity index is 1.77. The molecule has 0 aliphatic carbocycles. The van der Waals surface area contributed by atoms with E-state index < -0.39 is 0 Å². The predicted molar refractivity (Wildman–Crippen MR) is 92.1 cm³/mol. The van der Waals surface area contributed by atoms with E-state index in [4.69, 9.17) is 9.47 Å². The van der Waals surface area contributed by atoms with E-state index in [1.54, 1.807) is 36.1 Å². The van der Waals surface area contributed by atoms with Gasteiger partial charge in [0.1, 0.15) is 11.3 Å². The molecular weight excluding hydrogens is 320 g/mol. The third kappa shape index (κ3) is 2.59. The molecule has 25 heavy (non-hydrogen) atoms. The van der Waals surface area contributed by atoms with Gasteiger partial charge in [-0.05, 0) is 37.6 Å². The number of nitrogens with zero attached hydrogens (tertiary/aromatic N) is 3. The van der Waals surface area contributed by atoms with Crippen LogP contribution in [-0.4, -0.2) is 32.4 Å². The second-order valence-corrected chi connectivity index (χ2v) is 5.60. The van der Waals surface area contributed by atoms with Crippen LogP contribution in [0.4, 0.5) is 0 Å². The number of esters is 1. The number of hydrogen-bond donors (Lipinski definition) is 1. The average Bonchev–Trinajstić information content (AvgIpc) is 3.20. The number of H-pyrrole nitrogens is 1. The van der Waals surface area contributed by atoms with E-state index in [1.807, 2.05) is 25.1 Å². The molecule has 7 heteroatoms. The number of aromatic amines is 1. The summed E-state index contributed by atoms with van der Waals surface area (Å²) in [4.78, 5) is 12.1. The van der Waals surface area contributed by atoms with Crippen molar-refractivity contribution >= 4 is 22.4 Å². The lowest BCUT2D eigenvalue weighted by molar-refractivity contribution is 0.0525. The summed E-state index contributed by atoms with van der Waals surface area (Å²) in [7, 11) is 0. The Morgan fingerprint density at radius 3 is 3.04 bits per heavy atom. The highest BCUT2D eigenvalue weighted by molar-refractivity contribution is 5.94. The van der Waals surface area contributed by atoms with Crippen molar-refractivity contribution in [1.29, 1.82) is 0 Å². The number of aryl methyl sites for hydroxylation is 1. The van der Waals surface area contributed by atoms with Crippen LogP contribution < -0.4 is 4.74 Å². The molecule has 0 atom stereocenters. The van der Waals surface area contributed by atoms with Crippen molar-refractivity contribution in [2.75, 3.05) is 6.61 Å². The lowest BCUT2D eigenvalue weighted by Gasteiger charge is -2.08. The van der Waals surface area contributed by atoms with Gasteiger partial charge in [0.05, 0.1) is 30.1 Å². The molecule has 0 aliphatic heterocycles. The fourth-order valence-electron chi connectivity index (χ4n) is 2.83. The van der Waals surface area contributed by atoms with Gasteiger partial charge in [-0.2, -0.15) is 10.2 Å². The molecule has 126 valence electrons. The van der Waals surface area contributed by atoms with Crippen LogP contribution in [0.1, 0.15) is 22.8 Å². The van der Waals surface area contributed by atoms with Crippen LogP contribution in [0.25, 0.3) is 16.4 Å². The number of carbonyl (C=O) groups is 1. The molecule has 0 spiro atoms. The normalized spacial score (nSPS) is 11.1. The molecule has 3 aromatic heterocycles. The van der Waals surface area contributed by atoms with Gasteiger partial charge < -0.3 is 9.47 Å². The Hall–Kier alpha value is -3.35. The van der Waals surface area contributed by atoms with Gasteiger partial charge in [-0.25, -0.2) is 9.31 Å². The highest BCUT2D eigenvalue weighted by Gasteiger charge is 2.19. The fraction of sp³-hybridized carbons (Fsp3) is 0.167. The molecule has 0 unspecified atom stereocenters. The fourth-order valence-corrected chi connectivity index (χ4v) is 2.83. The topological polar surface area (TPSA) is 81.5 Å². The molecule has 0 fully saturated rings. The molecule has 7 nitrogen and oxygen atoms in total. The van der Waals surface area contributed by atoms with Crippen LogP contribution in [0.5, 0.6) is 11.5 Å². The minimum atomic E-state index is -0.365. The van der Waals surface area contributed by atoms with Gasteiger partial charge in [-0.15, -0.1) is 0 Å². The molecule has 0 aliphatic rings. The molecular formula is C18H16N4O3. The molecule has 1 N–H and O–H groups in total. The highest BCUT2D eigenvalue weighted by atomic mass is 16.5. The zero-order valence-electron chi connectivity index (χ0n) is 13.8. The van der Waals surface area contributed by atoms with Crippen LogP contribution in [0.2, 0.25) is 0 Å². The summed E-state index contributed by atoms with van der Waals surface area (Å²) >= 11 is 0. The lowest BCUT2D eigenvalue weighted by atomic mass is 10.2. The Morgan fingerprint density at radius 2 is 2.20 bits per heavy atom. The number of ether oxygens (including phenoxy) is 2. The second kappa shape index (κ2) is 5.94. The molecule has 0 amide bonds. The van der Waals surface area contributed by atoms with Gasteiger partial charge in [0.2, 0.25) is 0 Å². The van der Waals surface area contributed by atoms with Gasteiger partial charge >= 0.3 is 5.97 Å². The summed E-state index contributed by atoms with van der Waals surface area (Å²) < 4.78 is 12.8. The van der Waals surface area contributed by atoms with Gasteiger partial charge in [0, 0.05) is 17.6 Å². The molecule has 3 heterocycles. The van der Waals surface area contributed by atoms with E-state index in [9.17, 15) is 4.79 Å². The van der Waals surface area contributed by atoms with Crippen molar-refractivity contribution in [2.24, 2.45) is 0 Å². The van der Waals surface area contributed by atoms with Crippen molar-refractivity contribution in [3.05, 3.63) is 54.0 Å². The van der Waals surface area contributed by atoms with Gasteiger partial charge in [0.25, 0.3) is 0 Å². The quantitative estimate of drug-likeness (QED) is 0.577. The van der Waals surface area contributed by atoms with E-state index >= 15 is 0 Å². The number of hydrogen-bond acceptors (Lipinski definition) is 5. The van der Waals surface area contributed by atoms with Gasteiger partial charge in [0.15, 0.2) is 5.75 Å². The van der Waals surface area contributed by atoms with Crippen LogP contribution in [0.15, 0.2) is 42.9 Å². The summed E-state index contributed by atoms with van der Waals surface area (Å²) in [6, 6.07) is 7.45. The summed E-state index contributed by atoms with van der Waals surface area (Å²) in [5.74, 6) is 0.933. The Labute approximate surface area is 143 Å². The van der Waals surface area contributed by atoms with Gasteiger partial charge in [-0.1, -0.05) is 0 Å². The highest BCUT2D eigenvalue weighted by Crippen LogP contribution is 2.31. The van der Waals surface area contributed by atoms with Gasteiger partial charge in [-0.3, -0.25) is 5.10 Å². The van der Waals surface area contributed by atoms with E-state index in [1.165, 1.54) is 0 Å². The monoisotopic (exact) mass is 336 g/mol. The summed E-state index contributed by atoms with van der Waals surface area (Å²) in [6.45, 7) is 3.96. The number of nitrogens with one attached hydrogen (secondary N) is 1. The van der Waals surface area contributed by atoms with E-state index in [0.717, 1.165) is 22.0 Å². The number of aromatic nitrogens is 4. The second-order valence-electron chi connectivity index (χ2n) is 5.60. The number of rotatable bonds is 4. The zero-order chi connectivity index (χ0) is 17.4. The minimum absolute atomic E-state index is 0.325. The number of benzene rings is 1. The Kier molecular flexibility index (Phi) is 3.61. The third-order valence-corrected chi connectivity index (χ3v) is 4.02. The number of carbonyl (C=O) groups excluding carboxylic acids is 1. The minimum Gasteiger partial charge on any atom is -0.462 e. The Bertz CT molecular complexity index is 1080. The summed E-state index contributed by atoms with van der Waals surface area (Å²) in [5.41, 5.74) is 2.93. The van der Waals surface area contributed by atoms with E-state index in [2.05, 4.69) is 15.3 Å². The van der Waals surface area contributed by atoms with Crippen molar-refractivity contribution in [2.45, 2.75) is 13.8 Å². The molecule has 1 aromatic carbocycles. The first kappa shape index (κ1) is 15.2. The average molecular weight is 336 g/mol. The van der Waals surface area contributed by atoms with Crippen molar-refractivity contribution < 1.29 is 14.3 Å². The molecule has 0 saturated carbocycles. The molecule has 4 aromatic rings. The van der Waals surface area contributed by atoms with E-state index in [0.29, 0.717) is 23.7 Å². The lowest BCUT2D eigenvalue weighted by Crippen LogP contribution is -2.04. The SMILES string of the molecule is CCOC(=O)c1cn2nccc(Oc3ccc4[nH]ncc4c3)c2c1C. The number of fused-ring (bicyclic) bond motifs is 2. The zero-order valence-corrected chi connectivity index (χ0v) is 13.8. The predicted octanol–water partition coefficient (Wildman–Crippen LogP) is 3.49. The van der Waals surface area contributed by atoms with Crippen LogP contribution in [0, 0.1) is 6.92 Å². The van der Waals surface area contributed by atoms with E-state index in [-0.39, 0.29) is 5.97 Å². The molecule has 0 radical (unpaired) electrons. The first-order chi connectivity index (χ1) is 12.2. The maximum absolute atomic E-state index is 12.1. The molecule has 0 bridgehead atoms. The summed E-state index contributed by atoms with van der Waals surface area (Å²) in [6.07, 6.45) is 5.04. The first-order valence-electron chi connectivity index (χ1n) is 7.92. The van der Waals surface area contributed by atoms with Crippen molar-refractivity contribution in [3.8, 4) is 11.5 Å².